The maximum absolute atomic E-state index is 6.09. The van der Waals surface area contributed by atoms with Crippen LogP contribution in [0.3, 0.4) is 0 Å². The molecule has 1 aromatic carbocycles. The van der Waals surface area contributed by atoms with Gasteiger partial charge >= 0.3 is 0 Å². The predicted octanol–water partition coefficient (Wildman–Crippen LogP) is 2.31. The van der Waals surface area contributed by atoms with E-state index in [1.54, 1.807) is 0 Å². The smallest absolute Gasteiger partial charge is 0.0414 e. The normalized spacial score (nSPS) is 17.7. The molecule has 1 atom stereocenters. The minimum absolute atomic E-state index is 0.187. The minimum Gasteiger partial charge on any atom is -0.371 e. The van der Waals surface area contributed by atoms with Crippen molar-refractivity contribution in [3.63, 3.8) is 0 Å². The Bertz CT molecular complexity index is 281. The van der Waals surface area contributed by atoms with E-state index in [9.17, 15) is 0 Å². The highest BCUT2D eigenvalue weighted by Gasteiger charge is 2.19. The minimum atomic E-state index is 0.187. The number of rotatable bonds is 3. The van der Waals surface area contributed by atoms with E-state index in [0.29, 0.717) is 0 Å². The van der Waals surface area contributed by atoms with E-state index in [1.807, 2.05) is 0 Å². The second-order valence-electron chi connectivity index (χ2n) is 3.91. The van der Waals surface area contributed by atoms with Crippen LogP contribution in [0.4, 0.5) is 5.69 Å². The van der Waals surface area contributed by atoms with Crippen molar-refractivity contribution in [2.75, 3.05) is 18.0 Å². The van der Waals surface area contributed by atoms with Crippen LogP contribution in [-0.2, 0) is 0 Å². The van der Waals surface area contributed by atoms with Crippen molar-refractivity contribution < 1.29 is 0 Å². The predicted molar refractivity (Wildman–Crippen MR) is 60.5 cm³/mol. The van der Waals surface area contributed by atoms with Crippen molar-refractivity contribution in [2.24, 2.45) is 5.73 Å². The van der Waals surface area contributed by atoms with Crippen LogP contribution in [0.25, 0.3) is 0 Å². The average Bonchev–Trinajstić information content (AvgIpc) is 2.15. The molecular weight excluding hydrogens is 172 g/mol. The summed E-state index contributed by atoms with van der Waals surface area (Å²) < 4.78 is 0. The third-order valence-electron chi connectivity index (χ3n) is 2.97. The molecule has 0 aliphatic carbocycles. The first-order valence-corrected chi connectivity index (χ1v) is 5.42. The fourth-order valence-corrected chi connectivity index (χ4v) is 1.87. The van der Waals surface area contributed by atoms with Crippen LogP contribution in [-0.4, -0.2) is 13.1 Å². The van der Waals surface area contributed by atoms with Gasteiger partial charge in [-0.25, -0.2) is 0 Å². The molecule has 0 radical (unpaired) electrons. The molecule has 2 heteroatoms. The van der Waals surface area contributed by atoms with Crippen molar-refractivity contribution >= 4 is 5.69 Å². The lowest BCUT2D eigenvalue weighted by molar-refractivity contribution is 0.605. The van der Waals surface area contributed by atoms with Crippen LogP contribution in [0.1, 0.15) is 31.4 Å². The van der Waals surface area contributed by atoms with E-state index < -0.39 is 0 Å². The van der Waals surface area contributed by atoms with E-state index in [4.69, 9.17) is 5.73 Å². The zero-order chi connectivity index (χ0) is 9.97. The van der Waals surface area contributed by atoms with Gasteiger partial charge in [-0.2, -0.15) is 0 Å². The molecule has 1 aliphatic heterocycles. The van der Waals surface area contributed by atoms with Crippen molar-refractivity contribution in [1.29, 1.82) is 0 Å². The standard InChI is InChI=1S/C12H18N2/c1-2-11(13)10-6-3-4-7-12(10)14-8-5-9-14/h3-4,6-7,11H,2,5,8-9,13H2,1H3/t11-/m1/s1. The Morgan fingerprint density at radius 2 is 2.07 bits per heavy atom. The number of hydrogen-bond acceptors (Lipinski definition) is 2. The topological polar surface area (TPSA) is 29.3 Å². The van der Waals surface area contributed by atoms with Crippen LogP contribution >= 0.6 is 0 Å². The lowest BCUT2D eigenvalue weighted by atomic mass is 10.0. The summed E-state index contributed by atoms with van der Waals surface area (Å²) in [7, 11) is 0. The molecule has 2 nitrogen and oxygen atoms in total. The molecule has 0 aromatic heterocycles. The van der Waals surface area contributed by atoms with Gasteiger partial charge in [0.25, 0.3) is 0 Å². The van der Waals surface area contributed by atoms with Crippen molar-refractivity contribution in [1.82, 2.24) is 0 Å². The highest BCUT2D eigenvalue weighted by atomic mass is 15.2. The largest absolute Gasteiger partial charge is 0.371 e. The van der Waals surface area contributed by atoms with Crippen LogP contribution in [0.15, 0.2) is 24.3 Å². The summed E-state index contributed by atoms with van der Waals surface area (Å²) in [6.45, 7) is 4.51. The summed E-state index contributed by atoms with van der Waals surface area (Å²) in [5.41, 5.74) is 8.73. The quantitative estimate of drug-likeness (QED) is 0.792. The maximum atomic E-state index is 6.09. The molecule has 0 saturated carbocycles. The Morgan fingerprint density at radius 1 is 1.36 bits per heavy atom. The summed E-state index contributed by atoms with van der Waals surface area (Å²) >= 11 is 0. The third kappa shape index (κ3) is 1.62. The number of nitrogens with two attached hydrogens (primary N) is 1. The number of nitrogens with zero attached hydrogens (tertiary/aromatic N) is 1. The fourth-order valence-electron chi connectivity index (χ4n) is 1.87. The summed E-state index contributed by atoms with van der Waals surface area (Å²) in [5.74, 6) is 0. The van der Waals surface area contributed by atoms with Gasteiger partial charge in [0, 0.05) is 24.8 Å². The van der Waals surface area contributed by atoms with Crippen LogP contribution in [0, 0.1) is 0 Å². The second-order valence-corrected chi connectivity index (χ2v) is 3.91. The number of para-hydroxylation sites is 1. The molecule has 14 heavy (non-hydrogen) atoms. The Kier molecular flexibility index (Phi) is 2.73. The van der Waals surface area contributed by atoms with Gasteiger partial charge in [-0.15, -0.1) is 0 Å². The number of benzene rings is 1. The molecule has 0 amide bonds. The van der Waals surface area contributed by atoms with Crippen LogP contribution in [0.2, 0.25) is 0 Å². The van der Waals surface area contributed by atoms with E-state index in [-0.39, 0.29) is 6.04 Å². The average molecular weight is 190 g/mol. The Hall–Kier alpha value is -1.02. The molecule has 1 aromatic rings. The van der Waals surface area contributed by atoms with Crippen LogP contribution in [0.5, 0.6) is 0 Å². The van der Waals surface area contributed by atoms with Gasteiger partial charge in [0.15, 0.2) is 0 Å². The van der Waals surface area contributed by atoms with Gasteiger partial charge in [0.2, 0.25) is 0 Å². The third-order valence-corrected chi connectivity index (χ3v) is 2.97. The maximum Gasteiger partial charge on any atom is 0.0414 e. The molecule has 2 N–H and O–H groups in total. The SMILES string of the molecule is CC[C@@H](N)c1ccccc1N1CCC1. The number of anilines is 1. The van der Waals surface area contributed by atoms with E-state index >= 15 is 0 Å². The zero-order valence-electron chi connectivity index (χ0n) is 8.74. The molecule has 2 rings (SSSR count). The molecule has 0 bridgehead atoms. The summed E-state index contributed by atoms with van der Waals surface area (Å²) in [5, 5.41) is 0. The molecule has 1 heterocycles. The first-order chi connectivity index (χ1) is 6.83. The summed E-state index contributed by atoms with van der Waals surface area (Å²) in [6, 6.07) is 8.70. The molecule has 1 aliphatic rings. The van der Waals surface area contributed by atoms with E-state index in [0.717, 1.165) is 6.42 Å². The zero-order valence-corrected chi connectivity index (χ0v) is 8.74. The Balaban J connectivity index is 2.27. The number of hydrogen-bond donors (Lipinski definition) is 1. The van der Waals surface area contributed by atoms with Crippen LogP contribution < -0.4 is 10.6 Å². The van der Waals surface area contributed by atoms with Gasteiger partial charge in [-0.05, 0) is 24.5 Å². The molecule has 76 valence electrons. The van der Waals surface area contributed by atoms with Gasteiger partial charge in [-0.1, -0.05) is 25.1 Å². The van der Waals surface area contributed by atoms with Gasteiger partial charge in [0.05, 0.1) is 0 Å². The Labute approximate surface area is 85.7 Å². The first-order valence-electron chi connectivity index (χ1n) is 5.42. The molecular formula is C12H18N2. The summed E-state index contributed by atoms with van der Waals surface area (Å²) in [6.07, 6.45) is 2.32. The lowest BCUT2D eigenvalue weighted by Crippen LogP contribution is -2.38. The molecule has 0 unspecified atom stereocenters. The molecule has 0 spiro atoms. The summed E-state index contributed by atoms with van der Waals surface area (Å²) in [4.78, 5) is 2.41. The van der Waals surface area contributed by atoms with E-state index in [2.05, 4.69) is 36.1 Å². The molecule has 1 fully saturated rings. The highest BCUT2D eigenvalue weighted by Crippen LogP contribution is 2.29. The van der Waals surface area contributed by atoms with E-state index in [1.165, 1.54) is 30.8 Å². The van der Waals surface area contributed by atoms with Gasteiger partial charge < -0.3 is 10.6 Å². The van der Waals surface area contributed by atoms with Crippen molar-refractivity contribution in [3.8, 4) is 0 Å². The van der Waals surface area contributed by atoms with Crippen molar-refractivity contribution in [3.05, 3.63) is 29.8 Å². The lowest BCUT2D eigenvalue weighted by Gasteiger charge is -2.35. The highest BCUT2D eigenvalue weighted by molar-refractivity contribution is 5.56. The monoisotopic (exact) mass is 190 g/mol. The van der Waals surface area contributed by atoms with Gasteiger partial charge in [-0.3, -0.25) is 0 Å². The second kappa shape index (κ2) is 4.01. The Morgan fingerprint density at radius 3 is 2.64 bits per heavy atom. The van der Waals surface area contributed by atoms with Crippen molar-refractivity contribution in [2.45, 2.75) is 25.8 Å². The molecule has 1 saturated heterocycles. The van der Waals surface area contributed by atoms with Gasteiger partial charge in [0.1, 0.15) is 0 Å². The first kappa shape index (κ1) is 9.53. The fraction of sp³-hybridized carbons (Fsp3) is 0.500.